The molecule has 2 heterocycles. The van der Waals surface area contributed by atoms with E-state index in [1.165, 1.54) is 42.3 Å². The number of phenols is 1. The molecule has 0 bridgehead atoms. The van der Waals surface area contributed by atoms with Gasteiger partial charge in [0.1, 0.15) is 11.4 Å². The Hall–Kier alpha value is -4.13. The van der Waals surface area contributed by atoms with Crippen LogP contribution in [-0.2, 0) is 0 Å². The van der Waals surface area contributed by atoms with Gasteiger partial charge in [0.05, 0.1) is 24.1 Å². The highest BCUT2D eigenvalue weighted by molar-refractivity contribution is 6.10. The van der Waals surface area contributed by atoms with Gasteiger partial charge in [-0.25, -0.2) is 4.39 Å². The third kappa shape index (κ3) is 2.93. The number of carbonyl (C=O) groups is 1. The van der Waals surface area contributed by atoms with Crippen LogP contribution in [0, 0.1) is 12.7 Å². The van der Waals surface area contributed by atoms with Crippen LogP contribution in [0.5, 0.6) is 11.5 Å². The number of nitrogens with zero attached hydrogens (tertiary/aromatic N) is 1. The first-order valence-corrected chi connectivity index (χ1v) is 9.92. The number of amides is 1. The number of aryl methyl sites for hydroxylation is 1. The summed E-state index contributed by atoms with van der Waals surface area (Å²) in [4.78, 5) is 28.4. The molecule has 0 fully saturated rings. The summed E-state index contributed by atoms with van der Waals surface area (Å²) >= 11 is 0. The van der Waals surface area contributed by atoms with E-state index >= 15 is 0 Å². The van der Waals surface area contributed by atoms with Crippen molar-refractivity contribution in [1.82, 2.24) is 0 Å². The van der Waals surface area contributed by atoms with Gasteiger partial charge in [-0.1, -0.05) is 17.7 Å². The smallest absolute Gasteiger partial charge is 0.295 e. The molecule has 1 atom stereocenters. The third-order valence-electron chi connectivity index (χ3n) is 5.65. The van der Waals surface area contributed by atoms with Crippen LogP contribution in [0.1, 0.15) is 33.3 Å². The minimum absolute atomic E-state index is 0.0623. The number of benzene rings is 3. The van der Waals surface area contributed by atoms with Crippen molar-refractivity contribution in [2.24, 2.45) is 0 Å². The molecule has 0 aliphatic carbocycles. The highest BCUT2D eigenvalue weighted by atomic mass is 19.1. The Labute approximate surface area is 182 Å². The molecule has 4 aromatic rings. The molecule has 0 radical (unpaired) electrons. The number of carbonyl (C=O) groups excluding carboxylic acids is 1. The topological polar surface area (TPSA) is 80.0 Å². The molecule has 32 heavy (non-hydrogen) atoms. The number of ether oxygens (including phenoxy) is 1. The largest absolute Gasteiger partial charge is 0.504 e. The minimum atomic E-state index is -0.848. The number of rotatable bonds is 3. The van der Waals surface area contributed by atoms with Crippen molar-refractivity contribution < 1.29 is 23.4 Å². The van der Waals surface area contributed by atoms with E-state index in [-0.39, 0.29) is 28.3 Å². The zero-order valence-corrected chi connectivity index (χ0v) is 17.3. The average Bonchev–Trinajstić information content (AvgIpc) is 3.08. The second kappa shape index (κ2) is 7.23. The Morgan fingerprint density at radius 2 is 1.78 bits per heavy atom. The summed E-state index contributed by atoms with van der Waals surface area (Å²) in [5.41, 5.74) is 2.00. The van der Waals surface area contributed by atoms with Crippen LogP contribution >= 0.6 is 0 Å². The van der Waals surface area contributed by atoms with Crippen LogP contribution in [0.2, 0.25) is 0 Å². The molecule has 1 aromatic heterocycles. The van der Waals surface area contributed by atoms with Crippen molar-refractivity contribution in [2.75, 3.05) is 12.0 Å². The predicted octanol–water partition coefficient (Wildman–Crippen LogP) is 4.70. The van der Waals surface area contributed by atoms with Gasteiger partial charge in [0.2, 0.25) is 5.76 Å². The van der Waals surface area contributed by atoms with Crippen LogP contribution in [0.15, 0.2) is 69.9 Å². The fraction of sp³-hybridized carbons (Fsp3) is 0.120. The number of hydrogen-bond acceptors (Lipinski definition) is 5. The second-order valence-corrected chi connectivity index (χ2v) is 7.66. The summed E-state index contributed by atoms with van der Waals surface area (Å²) in [7, 11) is 1.41. The molecule has 5 rings (SSSR count). The lowest BCUT2D eigenvalue weighted by Gasteiger charge is -2.25. The monoisotopic (exact) mass is 431 g/mol. The minimum Gasteiger partial charge on any atom is -0.504 e. The first-order chi connectivity index (χ1) is 15.4. The SMILES string of the molecule is COc1cc(C2c3c(oc4ccc(C)cc4c3=O)C(=O)N2c2ccc(F)cc2)ccc1O. The molecule has 0 spiro atoms. The maximum absolute atomic E-state index is 13.6. The fourth-order valence-electron chi connectivity index (χ4n) is 4.13. The number of fused-ring (bicyclic) bond motifs is 2. The van der Waals surface area contributed by atoms with E-state index in [9.17, 15) is 19.1 Å². The van der Waals surface area contributed by atoms with Gasteiger partial charge in [-0.05, 0) is 61.0 Å². The van der Waals surface area contributed by atoms with E-state index in [4.69, 9.17) is 9.15 Å². The van der Waals surface area contributed by atoms with E-state index in [1.807, 2.05) is 6.92 Å². The second-order valence-electron chi connectivity index (χ2n) is 7.66. The molecule has 1 aliphatic heterocycles. The molecule has 1 N–H and O–H groups in total. The van der Waals surface area contributed by atoms with E-state index in [2.05, 4.69) is 0 Å². The highest BCUT2D eigenvalue weighted by Crippen LogP contribution is 2.43. The molecule has 160 valence electrons. The summed E-state index contributed by atoms with van der Waals surface area (Å²) in [6, 6.07) is 14.4. The zero-order valence-electron chi connectivity index (χ0n) is 17.3. The van der Waals surface area contributed by atoms with Gasteiger partial charge >= 0.3 is 0 Å². The van der Waals surface area contributed by atoms with E-state index in [0.29, 0.717) is 22.2 Å². The molecule has 0 saturated carbocycles. The molecule has 6 nitrogen and oxygen atoms in total. The van der Waals surface area contributed by atoms with E-state index < -0.39 is 17.8 Å². The molecule has 1 unspecified atom stereocenters. The zero-order chi connectivity index (χ0) is 22.6. The number of phenolic OH excluding ortho intramolecular Hbond substituents is 1. The lowest BCUT2D eigenvalue weighted by molar-refractivity contribution is 0.0971. The Morgan fingerprint density at radius 1 is 1.03 bits per heavy atom. The molecule has 1 aliphatic rings. The Morgan fingerprint density at radius 3 is 2.50 bits per heavy atom. The van der Waals surface area contributed by atoms with Crippen LogP contribution in [0.4, 0.5) is 10.1 Å². The summed E-state index contributed by atoms with van der Waals surface area (Å²) < 4.78 is 24.7. The van der Waals surface area contributed by atoms with Gasteiger partial charge in [0.25, 0.3) is 5.91 Å². The maximum Gasteiger partial charge on any atom is 0.295 e. The average molecular weight is 431 g/mol. The standard InChI is InChI=1S/C25H18FNO5/c1-13-3-10-19-17(11-13)23(29)21-22(14-4-9-18(28)20(12-14)31-2)27(25(30)24(21)32-19)16-7-5-15(26)6-8-16/h3-12,22,28H,1-2H3. The molecular weight excluding hydrogens is 413 g/mol. The van der Waals surface area contributed by atoms with Gasteiger partial charge in [-0.3, -0.25) is 14.5 Å². The van der Waals surface area contributed by atoms with Crippen molar-refractivity contribution >= 4 is 22.6 Å². The lowest BCUT2D eigenvalue weighted by atomic mass is 9.97. The molecule has 7 heteroatoms. The molecule has 1 amide bonds. The first-order valence-electron chi connectivity index (χ1n) is 9.92. The summed E-state index contributed by atoms with van der Waals surface area (Å²) in [5.74, 6) is -0.897. The molecule has 3 aromatic carbocycles. The Bertz CT molecular complexity index is 1440. The van der Waals surface area contributed by atoms with Gasteiger partial charge in [0.15, 0.2) is 16.9 Å². The normalized spacial score (nSPS) is 15.3. The van der Waals surface area contributed by atoms with Crippen LogP contribution in [0.3, 0.4) is 0 Å². The number of aromatic hydroxyl groups is 1. The van der Waals surface area contributed by atoms with Gasteiger partial charge in [-0.2, -0.15) is 0 Å². The summed E-state index contributed by atoms with van der Waals surface area (Å²) in [6.07, 6.45) is 0. The highest BCUT2D eigenvalue weighted by Gasteiger charge is 2.43. The number of methoxy groups -OCH3 is 1. The maximum atomic E-state index is 13.6. The van der Waals surface area contributed by atoms with Crippen molar-refractivity contribution in [3.8, 4) is 11.5 Å². The van der Waals surface area contributed by atoms with Gasteiger partial charge in [-0.15, -0.1) is 0 Å². The van der Waals surface area contributed by atoms with E-state index in [0.717, 1.165) is 5.56 Å². The first kappa shape index (κ1) is 19.8. The summed E-state index contributed by atoms with van der Waals surface area (Å²) in [6.45, 7) is 1.87. The third-order valence-corrected chi connectivity index (χ3v) is 5.65. The Kier molecular flexibility index (Phi) is 4.48. The van der Waals surface area contributed by atoms with Crippen molar-refractivity contribution in [2.45, 2.75) is 13.0 Å². The molecular formula is C25H18FNO5. The van der Waals surface area contributed by atoms with Crippen LogP contribution < -0.4 is 15.1 Å². The Balaban J connectivity index is 1.82. The lowest BCUT2D eigenvalue weighted by Crippen LogP contribution is -2.29. The molecule has 0 saturated heterocycles. The number of hydrogen-bond donors (Lipinski definition) is 1. The van der Waals surface area contributed by atoms with Crippen molar-refractivity contribution in [3.63, 3.8) is 0 Å². The number of halogens is 1. The predicted molar refractivity (Wildman–Crippen MR) is 117 cm³/mol. The quantitative estimate of drug-likeness (QED) is 0.508. The fourth-order valence-corrected chi connectivity index (χ4v) is 4.13. The van der Waals surface area contributed by atoms with Gasteiger partial charge in [0, 0.05) is 5.69 Å². The summed E-state index contributed by atoms with van der Waals surface area (Å²) in [5, 5.41) is 10.4. The van der Waals surface area contributed by atoms with Crippen LogP contribution in [-0.4, -0.2) is 18.1 Å². The van der Waals surface area contributed by atoms with Crippen molar-refractivity contribution in [3.05, 3.63) is 99.2 Å². The van der Waals surface area contributed by atoms with Gasteiger partial charge < -0.3 is 14.3 Å². The van der Waals surface area contributed by atoms with Crippen molar-refractivity contribution in [1.29, 1.82) is 0 Å². The van der Waals surface area contributed by atoms with Crippen LogP contribution in [0.25, 0.3) is 11.0 Å². The van der Waals surface area contributed by atoms with E-state index in [1.54, 1.807) is 30.3 Å². The number of anilines is 1.